The maximum atomic E-state index is 12.3. The van der Waals surface area contributed by atoms with Crippen molar-refractivity contribution in [3.8, 4) is 0 Å². The molecule has 4 nitrogen and oxygen atoms in total. The molecule has 0 spiro atoms. The zero-order chi connectivity index (χ0) is 13.5. The number of hydrogen-bond donors (Lipinski definition) is 1. The van der Waals surface area contributed by atoms with E-state index in [1.165, 1.54) is 0 Å². The second-order valence-corrected chi connectivity index (χ2v) is 5.68. The third-order valence-corrected chi connectivity index (χ3v) is 2.66. The molecule has 2 heterocycles. The first-order chi connectivity index (χ1) is 8.28. The number of carbonyl (C=O) groups excluding carboxylic acids is 1. The van der Waals surface area contributed by atoms with Crippen LogP contribution in [0.5, 0.6) is 0 Å². The van der Waals surface area contributed by atoms with Gasteiger partial charge in [-0.1, -0.05) is 0 Å². The van der Waals surface area contributed by atoms with E-state index < -0.39 is 0 Å². The van der Waals surface area contributed by atoms with E-state index in [1.54, 1.807) is 0 Å². The number of hydrogen-bond acceptors (Lipinski definition) is 2. The van der Waals surface area contributed by atoms with Crippen LogP contribution in [0.2, 0.25) is 0 Å². The van der Waals surface area contributed by atoms with E-state index in [-0.39, 0.29) is 11.4 Å². The predicted molar refractivity (Wildman–Crippen MR) is 71.9 cm³/mol. The van der Waals surface area contributed by atoms with Crippen molar-refractivity contribution in [3.63, 3.8) is 0 Å². The Kier molecular flexibility index (Phi) is 2.89. The lowest BCUT2D eigenvalue weighted by molar-refractivity contribution is 0.0913. The Morgan fingerprint density at radius 3 is 2.61 bits per heavy atom. The van der Waals surface area contributed by atoms with Gasteiger partial charge in [0.1, 0.15) is 11.3 Å². The lowest BCUT2D eigenvalue weighted by atomic mass is 10.1. The maximum absolute atomic E-state index is 12.3. The van der Waals surface area contributed by atoms with Crippen LogP contribution in [0.4, 0.5) is 0 Å². The molecule has 2 rings (SSSR count). The average Bonchev–Trinajstić information content (AvgIpc) is 2.50. The first-order valence-electron chi connectivity index (χ1n) is 6.06. The molecule has 0 aliphatic heterocycles. The topological polar surface area (TPSA) is 46.4 Å². The van der Waals surface area contributed by atoms with Gasteiger partial charge in [-0.3, -0.25) is 9.20 Å². The van der Waals surface area contributed by atoms with Crippen molar-refractivity contribution >= 4 is 11.6 Å². The van der Waals surface area contributed by atoms with Crippen LogP contribution >= 0.6 is 0 Å². The highest BCUT2D eigenvalue weighted by Gasteiger charge is 2.21. The Hall–Kier alpha value is -1.84. The molecule has 1 N–H and O–H groups in total. The molecule has 0 atom stereocenters. The van der Waals surface area contributed by atoms with Gasteiger partial charge in [-0.25, -0.2) is 4.98 Å². The largest absolute Gasteiger partial charge is 0.346 e. The van der Waals surface area contributed by atoms with Crippen LogP contribution in [-0.2, 0) is 0 Å². The van der Waals surface area contributed by atoms with Gasteiger partial charge in [0, 0.05) is 11.7 Å². The number of nitrogens with one attached hydrogen (secondary N) is 1. The number of aryl methyl sites for hydroxylation is 2. The van der Waals surface area contributed by atoms with Crippen molar-refractivity contribution in [2.75, 3.05) is 0 Å². The Labute approximate surface area is 107 Å². The smallest absolute Gasteiger partial charge is 0.270 e. The fraction of sp³-hybridized carbons (Fsp3) is 0.429. The van der Waals surface area contributed by atoms with E-state index >= 15 is 0 Å². The second-order valence-electron chi connectivity index (χ2n) is 5.68. The lowest BCUT2D eigenvalue weighted by Crippen LogP contribution is -2.41. The first kappa shape index (κ1) is 12.6. The number of pyridine rings is 1. The van der Waals surface area contributed by atoms with Gasteiger partial charge < -0.3 is 5.32 Å². The van der Waals surface area contributed by atoms with Gasteiger partial charge in [0.05, 0.1) is 5.69 Å². The van der Waals surface area contributed by atoms with Gasteiger partial charge in [0.2, 0.25) is 0 Å². The predicted octanol–water partition coefficient (Wildman–Crippen LogP) is 2.48. The fourth-order valence-electron chi connectivity index (χ4n) is 1.94. The van der Waals surface area contributed by atoms with Crippen LogP contribution in [-0.4, -0.2) is 20.8 Å². The standard InChI is InChI=1S/C14H19N3O/c1-9-6-7-17-11(8-9)15-10(2)12(17)13(18)16-14(3,4)5/h6-8H,1-5H3,(H,16,18). The van der Waals surface area contributed by atoms with E-state index in [4.69, 9.17) is 0 Å². The van der Waals surface area contributed by atoms with Gasteiger partial charge in [-0.05, 0) is 52.3 Å². The number of imidazole rings is 1. The van der Waals surface area contributed by atoms with Crippen LogP contribution in [0.1, 0.15) is 42.5 Å². The summed E-state index contributed by atoms with van der Waals surface area (Å²) in [5.41, 5.74) is 3.06. The van der Waals surface area contributed by atoms with Crippen molar-refractivity contribution < 1.29 is 4.79 Å². The van der Waals surface area contributed by atoms with E-state index in [1.807, 2.05) is 57.3 Å². The molecular weight excluding hydrogens is 226 g/mol. The molecule has 0 saturated carbocycles. The van der Waals surface area contributed by atoms with E-state index in [2.05, 4.69) is 10.3 Å². The van der Waals surface area contributed by atoms with Gasteiger partial charge >= 0.3 is 0 Å². The number of carbonyl (C=O) groups is 1. The van der Waals surface area contributed by atoms with E-state index in [0.717, 1.165) is 16.9 Å². The third-order valence-electron chi connectivity index (χ3n) is 2.66. The molecule has 0 aromatic carbocycles. The van der Waals surface area contributed by atoms with Crippen molar-refractivity contribution in [3.05, 3.63) is 35.3 Å². The summed E-state index contributed by atoms with van der Waals surface area (Å²) in [5.74, 6) is -0.0867. The molecule has 0 unspecified atom stereocenters. The third kappa shape index (κ3) is 2.37. The van der Waals surface area contributed by atoms with Gasteiger partial charge in [-0.15, -0.1) is 0 Å². The molecule has 4 heteroatoms. The van der Waals surface area contributed by atoms with E-state index in [0.29, 0.717) is 5.69 Å². The molecule has 96 valence electrons. The minimum atomic E-state index is -0.252. The summed E-state index contributed by atoms with van der Waals surface area (Å²) in [4.78, 5) is 16.7. The van der Waals surface area contributed by atoms with Crippen LogP contribution in [0.3, 0.4) is 0 Å². The molecule has 0 radical (unpaired) electrons. The molecule has 0 aliphatic rings. The SMILES string of the molecule is Cc1ccn2c(C(=O)NC(C)(C)C)c(C)nc2c1. The quantitative estimate of drug-likeness (QED) is 0.839. The molecule has 2 aromatic rings. The summed E-state index contributed by atoms with van der Waals surface area (Å²) in [6.07, 6.45) is 1.89. The monoisotopic (exact) mass is 245 g/mol. The first-order valence-corrected chi connectivity index (χ1v) is 6.06. The van der Waals surface area contributed by atoms with Gasteiger partial charge in [-0.2, -0.15) is 0 Å². The maximum Gasteiger partial charge on any atom is 0.270 e. The summed E-state index contributed by atoms with van der Waals surface area (Å²) < 4.78 is 1.84. The number of fused-ring (bicyclic) bond motifs is 1. The second kappa shape index (κ2) is 4.12. The number of rotatable bonds is 1. The Balaban J connectivity index is 2.51. The summed E-state index contributed by atoms with van der Waals surface area (Å²) in [7, 11) is 0. The molecular formula is C14H19N3O. The summed E-state index contributed by atoms with van der Waals surface area (Å²) in [5, 5.41) is 2.97. The Morgan fingerprint density at radius 1 is 1.33 bits per heavy atom. The average molecular weight is 245 g/mol. The highest BCUT2D eigenvalue weighted by atomic mass is 16.2. The number of nitrogens with zero attached hydrogens (tertiary/aromatic N) is 2. The van der Waals surface area contributed by atoms with Crippen LogP contribution in [0.25, 0.3) is 5.65 Å². The highest BCUT2D eigenvalue weighted by Crippen LogP contribution is 2.14. The van der Waals surface area contributed by atoms with Crippen molar-refractivity contribution in [1.29, 1.82) is 0 Å². The molecule has 1 amide bonds. The highest BCUT2D eigenvalue weighted by molar-refractivity contribution is 5.95. The zero-order valence-corrected chi connectivity index (χ0v) is 11.5. The molecule has 0 fully saturated rings. The molecule has 0 saturated heterocycles. The van der Waals surface area contributed by atoms with Crippen molar-refractivity contribution in [1.82, 2.24) is 14.7 Å². The molecule has 18 heavy (non-hydrogen) atoms. The van der Waals surface area contributed by atoms with Crippen LogP contribution in [0.15, 0.2) is 18.3 Å². The summed E-state index contributed by atoms with van der Waals surface area (Å²) in [6, 6.07) is 3.95. The van der Waals surface area contributed by atoms with Crippen LogP contribution < -0.4 is 5.32 Å². The minimum Gasteiger partial charge on any atom is -0.346 e. The van der Waals surface area contributed by atoms with Gasteiger partial charge in [0.25, 0.3) is 5.91 Å². The number of amides is 1. The minimum absolute atomic E-state index is 0.0867. The fourth-order valence-corrected chi connectivity index (χ4v) is 1.94. The van der Waals surface area contributed by atoms with Crippen molar-refractivity contribution in [2.24, 2.45) is 0 Å². The Bertz CT molecular complexity index is 605. The van der Waals surface area contributed by atoms with Gasteiger partial charge in [0.15, 0.2) is 0 Å². The molecule has 0 bridgehead atoms. The lowest BCUT2D eigenvalue weighted by Gasteiger charge is -2.20. The van der Waals surface area contributed by atoms with Crippen LogP contribution in [0, 0.1) is 13.8 Å². The normalized spacial score (nSPS) is 11.8. The summed E-state index contributed by atoms with van der Waals surface area (Å²) in [6.45, 7) is 9.77. The zero-order valence-electron chi connectivity index (χ0n) is 11.5. The van der Waals surface area contributed by atoms with Crippen molar-refractivity contribution in [2.45, 2.75) is 40.2 Å². The molecule has 2 aromatic heterocycles. The summed E-state index contributed by atoms with van der Waals surface area (Å²) >= 11 is 0. The van der Waals surface area contributed by atoms with E-state index in [9.17, 15) is 4.79 Å². The molecule has 0 aliphatic carbocycles. The number of aromatic nitrogens is 2. The Morgan fingerprint density at radius 2 is 2.00 bits per heavy atom.